The Morgan fingerprint density at radius 1 is 1.16 bits per heavy atom. The van der Waals surface area contributed by atoms with Crippen LogP contribution in [-0.4, -0.2) is 18.1 Å². The molecule has 0 saturated heterocycles. The van der Waals surface area contributed by atoms with E-state index in [0.29, 0.717) is 6.61 Å². The molecule has 0 fully saturated rings. The maximum Gasteiger partial charge on any atom is 0.119 e. The molecule has 0 atom stereocenters. The first-order valence-corrected chi connectivity index (χ1v) is 6.56. The Kier molecular flexibility index (Phi) is 4.93. The Bertz CT molecular complexity index is 526. The van der Waals surface area contributed by atoms with Crippen LogP contribution < -0.4 is 10.1 Å². The zero-order valence-corrected chi connectivity index (χ0v) is 11.5. The second kappa shape index (κ2) is 6.90. The predicted octanol–water partition coefficient (Wildman–Crippen LogP) is 2.87. The van der Waals surface area contributed by atoms with Crippen molar-refractivity contribution in [3.63, 3.8) is 0 Å². The summed E-state index contributed by atoms with van der Waals surface area (Å²) in [5.41, 5.74) is 3.53. The maximum absolute atomic E-state index is 5.67. The van der Waals surface area contributed by atoms with Gasteiger partial charge in [-0.05, 0) is 43.2 Å². The first-order valence-electron chi connectivity index (χ1n) is 6.56. The smallest absolute Gasteiger partial charge is 0.119 e. The summed E-state index contributed by atoms with van der Waals surface area (Å²) in [6.45, 7) is 6.39. The fourth-order valence-corrected chi connectivity index (χ4v) is 1.86. The SMILES string of the molecule is Cc1cccc(OCCNCc2ncccc2C)c1. The molecule has 3 nitrogen and oxygen atoms in total. The van der Waals surface area contributed by atoms with Crippen LogP contribution >= 0.6 is 0 Å². The standard InChI is InChI=1S/C16H20N2O/c1-13-5-3-7-15(11-13)19-10-9-17-12-16-14(2)6-4-8-18-16/h3-8,11,17H,9-10,12H2,1-2H3. The molecule has 0 aliphatic heterocycles. The van der Waals surface area contributed by atoms with Crippen molar-refractivity contribution in [2.24, 2.45) is 0 Å². The molecule has 1 N–H and O–H groups in total. The highest BCUT2D eigenvalue weighted by Gasteiger charge is 1.98. The van der Waals surface area contributed by atoms with Crippen LogP contribution in [0.4, 0.5) is 0 Å². The second-order valence-electron chi connectivity index (χ2n) is 4.61. The van der Waals surface area contributed by atoms with Gasteiger partial charge in [0, 0.05) is 19.3 Å². The highest BCUT2D eigenvalue weighted by molar-refractivity contribution is 5.27. The van der Waals surface area contributed by atoms with Gasteiger partial charge < -0.3 is 10.1 Å². The van der Waals surface area contributed by atoms with Crippen molar-refractivity contribution in [1.82, 2.24) is 10.3 Å². The molecule has 1 aromatic carbocycles. The number of nitrogens with zero attached hydrogens (tertiary/aromatic N) is 1. The number of benzene rings is 1. The van der Waals surface area contributed by atoms with E-state index in [-0.39, 0.29) is 0 Å². The summed E-state index contributed by atoms with van der Waals surface area (Å²) in [5.74, 6) is 0.927. The van der Waals surface area contributed by atoms with Gasteiger partial charge in [0.2, 0.25) is 0 Å². The Balaban J connectivity index is 1.69. The van der Waals surface area contributed by atoms with Crippen LogP contribution in [0.25, 0.3) is 0 Å². The van der Waals surface area contributed by atoms with Crippen LogP contribution in [0.3, 0.4) is 0 Å². The Labute approximate surface area is 114 Å². The van der Waals surface area contributed by atoms with Gasteiger partial charge in [-0.3, -0.25) is 4.98 Å². The zero-order chi connectivity index (χ0) is 13.5. The van der Waals surface area contributed by atoms with Crippen LogP contribution in [0.15, 0.2) is 42.6 Å². The Hall–Kier alpha value is -1.87. The second-order valence-corrected chi connectivity index (χ2v) is 4.61. The molecular weight excluding hydrogens is 236 g/mol. The summed E-state index contributed by atoms with van der Waals surface area (Å²) >= 11 is 0. The third-order valence-corrected chi connectivity index (χ3v) is 2.95. The van der Waals surface area contributed by atoms with Gasteiger partial charge in [-0.2, -0.15) is 0 Å². The lowest BCUT2D eigenvalue weighted by Crippen LogP contribution is -2.21. The number of hydrogen-bond acceptors (Lipinski definition) is 3. The van der Waals surface area contributed by atoms with Crippen molar-refractivity contribution >= 4 is 0 Å². The highest BCUT2D eigenvalue weighted by Crippen LogP contribution is 2.11. The van der Waals surface area contributed by atoms with Crippen molar-refractivity contribution in [2.75, 3.05) is 13.2 Å². The van der Waals surface area contributed by atoms with Crippen LogP contribution in [-0.2, 0) is 6.54 Å². The molecule has 0 aliphatic rings. The number of aromatic nitrogens is 1. The minimum Gasteiger partial charge on any atom is -0.492 e. The molecule has 100 valence electrons. The average molecular weight is 256 g/mol. The minimum atomic E-state index is 0.662. The van der Waals surface area contributed by atoms with Crippen LogP contribution in [0.1, 0.15) is 16.8 Å². The van der Waals surface area contributed by atoms with E-state index in [1.54, 1.807) is 0 Å². The fraction of sp³-hybridized carbons (Fsp3) is 0.312. The molecule has 0 unspecified atom stereocenters. The number of rotatable bonds is 6. The van der Waals surface area contributed by atoms with Crippen molar-refractivity contribution in [3.8, 4) is 5.75 Å². The topological polar surface area (TPSA) is 34.1 Å². The fourth-order valence-electron chi connectivity index (χ4n) is 1.86. The molecule has 2 rings (SSSR count). The lowest BCUT2D eigenvalue weighted by atomic mass is 10.2. The van der Waals surface area contributed by atoms with Gasteiger partial charge in [0.25, 0.3) is 0 Å². The molecule has 3 heteroatoms. The monoisotopic (exact) mass is 256 g/mol. The van der Waals surface area contributed by atoms with Crippen LogP contribution in [0, 0.1) is 13.8 Å². The van der Waals surface area contributed by atoms with Crippen molar-refractivity contribution < 1.29 is 4.74 Å². The molecule has 1 aromatic heterocycles. The summed E-state index contributed by atoms with van der Waals surface area (Å²) in [5, 5.41) is 3.34. The lowest BCUT2D eigenvalue weighted by Gasteiger charge is -2.09. The van der Waals surface area contributed by atoms with E-state index in [4.69, 9.17) is 4.74 Å². The quantitative estimate of drug-likeness (QED) is 0.807. The lowest BCUT2D eigenvalue weighted by molar-refractivity contribution is 0.313. The molecule has 1 heterocycles. The zero-order valence-electron chi connectivity index (χ0n) is 11.5. The molecule has 0 amide bonds. The minimum absolute atomic E-state index is 0.662. The number of hydrogen-bond donors (Lipinski definition) is 1. The molecule has 2 aromatic rings. The summed E-state index contributed by atoms with van der Waals surface area (Å²) < 4.78 is 5.67. The summed E-state index contributed by atoms with van der Waals surface area (Å²) in [7, 11) is 0. The molecule has 19 heavy (non-hydrogen) atoms. The molecule has 0 saturated carbocycles. The van der Waals surface area contributed by atoms with Crippen LogP contribution in [0.5, 0.6) is 5.75 Å². The van der Waals surface area contributed by atoms with E-state index in [1.807, 2.05) is 30.5 Å². The normalized spacial score (nSPS) is 10.4. The number of pyridine rings is 1. The highest BCUT2D eigenvalue weighted by atomic mass is 16.5. The van der Waals surface area contributed by atoms with Crippen LogP contribution in [0.2, 0.25) is 0 Å². The first kappa shape index (κ1) is 13.6. The van der Waals surface area contributed by atoms with Crippen molar-refractivity contribution in [3.05, 3.63) is 59.4 Å². The molecule has 0 spiro atoms. The summed E-state index contributed by atoms with van der Waals surface area (Å²) in [4.78, 5) is 4.34. The van der Waals surface area contributed by atoms with Crippen molar-refractivity contribution in [1.29, 1.82) is 0 Å². The summed E-state index contributed by atoms with van der Waals surface area (Å²) in [6, 6.07) is 12.1. The Morgan fingerprint density at radius 3 is 2.84 bits per heavy atom. The van der Waals surface area contributed by atoms with E-state index in [1.165, 1.54) is 11.1 Å². The summed E-state index contributed by atoms with van der Waals surface area (Å²) in [6.07, 6.45) is 1.83. The predicted molar refractivity (Wildman–Crippen MR) is 77.4 cm³/mol. The van der Waals surface area contributed by atoms with E-state index in [0.717, 1.165) is 24.5 Å². The third kappa shape index (κ3) is 4.38. The largest absolute Gasteiger partial charge is 0.492 e. The van der Waals surface area contributed by atoms with Gasteiger partial charge in [-0.25, -0.2) is 0 Å². The average Bonchev–Trinajstić information content (AvgIpc) is 2.40. The van der Waals surface area contributed by atoms with E-state index >= 15 is 0 Å². The van der Waals surface area contributed by atoms with Gasteiger partial charge in [0.1, 0.15) is 12.4 Å². The van der Waals surface area contributed by atoms with Gasteiger partial charge in [-0.15, -0.1) is 0 Å². The van der Waals surface area contributed by atoms with E-state index < -0.39 is 0 Å². The number of ether oxygens (including phenoxy) is 1. The van der Waals surface area contributed by atoms with Gasteiger partial charge in [0.15, 0.2) is 0 Å². The first-order chi connectivity index (χ1) is 9.25. The number of nitrogens with one attached hydrogen (secondary N) is 1. The van der Waals surface area contributed by atoms with E-state index in [9.17, 15) is 0 Å². The van der Waals surface area contributed by atoms with Crippen molar-refractivity contribution in [2.45, 2.75) is 20.4 Å². The molecule has 0 radical (unpaired) electrons. The Morgan fingerprint density at radius 2 is 2.05 bits per heavy atom. The maximum atomic E-state index is 5.67. The molecule has 0 bridgehead atoms. The van der Waals surface area contributed by atoms with Gasteiger partial charge in [0.05, 0.1) is 5.69 Å². The van der Waals surface area contributed by atoms with E-state index in [2.05, 4.69) is 36.3 Å². The van der Waals surface area contributed by atoms with Gasteiger partial charge >= 0.3 is 0 Å². The molecule has 0 aliphatic carbocycles. The third-order valence-electron chi connectivity index (χ3n) is 2.95. The molecular formula is C16H20N2O. The van der Waals surface area contributed by atoms with Gasteiger partial charge in [-0.1, -0.05) is 18.2 Å². The number of aryl methyl sites for hydroxylation is 2.